The van der Waals surface area contributed by atoms with Crippen LogP contribution in [0.25, 0.3) is 22.0 Å². The fourth-order valence-corrected chi connectivity index (χ4v) is 3.67. The molecule has 164 valence electrons. The lowest BCUT2D eigenvalue weighted by Crippen LogP contribution is -2.36. The number of hydrogen-bond donors (Lipinski definition) is 2. The molecule has 0 aliphatic rings. The number of carbonyl (C=O) groups is 1. The van der Waals surface area contributed by atoms with Crippen molar-refractivity contribution in [1.82, 2.24) is 19.9 Å². The van der Waals surface area contributed by atoms with Crippen LogP contribution in [0.4, 0.5) is 4.39 Å². The molecular formula is C24H23FN4O3. The standard InChI is InChI=1S/C24H23FN4O3/c1-32-22-7-4-16(15-28-22)19-3-2-9-26-23(19)24(31)29(11-12-30)10-8-17-14-27-21-6-5-18(25)13-20(17)21/h2-7,9,13-15,27,30H,8,10-12H2,1H3. The van der Waals surface area contributed by atoms with Crippen LogP contribution in [-0.2, 0) is 6.42 Å². The van der Waals surface area contributed by atoms with E-state index >= 15 is 0 Å². The zero-order valence-corrected chi connectivity index (χ0v) is 17.6. The van der Waals surface area contributed by atoms with Gasteiger partial charge in [-0.3, -0.25) is 9.78 Å². The number of halogens is 1. The Morgan fingerprint density at radius 1 is 1.19 bits per heavy atom. The summed E-state index contributed by atoms with van der Waals surface area (Å²) >= 11 is 0. The summed E-state index contributed by atoms with van der Waals surface area (Å²) in [4.78, 5) is 26.6. The molecule has 2 N–H and O–H groups in total. The van der Waals surface area contributed by atoms with Gasteiger partial charge in [0, 0.05) is 59.8 Å². The minimum atomic E-state index is -0.312. The molecule has 0 aliphatic carbocycles. The van der Waals surface area contributed by atoms with Crippen molar-refractivity contribution in [3.63, 3.8) is 0 Å². The van der Waals surface area contributed by atoms with Gasteiger partial charge in [0.2, 0.25) is 5.88 Å². The highest BCUT2D eigenvalue weighted by Crippen LogP contribution is 2.25. The Kier molecular flexibility index (Phi) is 6.42. The third-order valence-corrected chi connectivity index (χ3v) is 5.30. The monoisotopic (exact) mass is 434 g/mol. The van der Waals surface area contributed by atoms with Crippen LogP contribution in [-0.4, -0.2) is 57.7 Å². The first kappa shape index (κ1) is 21.5. The van der Waals surface area contributed by atoms with Crippen LogP contribution in [0.1, 0.15) is 16.1 Å². The number of aromatic nitrogens is 3. The number of methoxy groups -OCH3 is 1. The van der Waals surface area contributed by atoms with E-state index in [9.17, 15) is 14.3 Å². The predicted octanol–water partition coefficient (Wildman–Crippen LogP) is 3.45. The molecule has 3 heterocycles. The average molecular weight is 434 g/mol. The maximum atomic E-state index is 13.7. The number of fused-ring (bicyclic) bond motifs is 1. The number of nitrogens with zero attached hydrogens (tertiary/aromatic N) is 3. The summed E-state index contributed by atoms with van der Waals surface area (Å²) in [5.74, 6) is -0.132. The highest BCUT2D eigenvalue weighted by atomic mass is 19.1. The third-order valence-electron chi connectivity index (χ3n) is 5.30. The number of pyridine rings is 2. The van der Waals surface area contributed by atoms with Gasteiger partial charge in [0.05, 0.1) is 13.7 Å². The van der Waals surface area contributed by atoms with Gasteiger partial charge in [-0.2, -0.15) is 0 Å². The number of hydrogen-bond acceptors (Lipinski definition) is 5. The first-order chi connectivity index (χ1) is 15.6. The Labute approximate surface area is 184 Å². The molecule has 4 aromatic rings. The van der Waals surface area contributed by atoms with E-state index < -0.39 is 0 Å². The molecule has 4 rings (SSSR count). The summed E-state index contributed by atoms with van der Waals surface area (Å²) < 4.78 is 18.8. The molecule has 7 nitrogen and oxygen atoms in total. The van der Waals surface area contributed by atoms with Gasteiger partial charge in [0.1, 0.15) is 11.5 Å². The fraction of sp³-hybridized carbons (Fsp3) is 0.208. The van der Waals surface area contributed by atoms with E-state index in [0.29, 0.717) is 24.4 Å². The molecule has 1 amide bonds. The first-order valence-corrected chi connectivity index (χ1v) is 10.2. The quantitative estimate of drug-likeness (QED) is 0.443. The van der Waals surface area contributed by atoms with E-state index in [2.05, 4.69) is 15.0 Å². The number of carbonyl (C=O) groups excluding carboxylic acids is 1. The van der Waals surface area contributed by atoms with Crippen LogP contribution in [0.3, 0.4) is 0 Å². The Hall–Kier alpha value is -3.78. The van der Waals surface area contributed by atoms with Gasteiger partial charge in [0.15, 0.2) is 0 Å². The van der Waals surface area contributed by atoms with E-state index in [-0.39, 0.29) is 30.6 Å². The van der Waals surface area contributed by atoms with Gasteiger partial charge in [0.25, 0.3) is 5.91 Å². The Morgan fingerprint density at radius 2 is 2.06 bits per heavy atom. The second-order valence-electron chi connectivity index (χ2n) is 7.26. The van der Waals surface area contributed by atoms with Crippen LogP contribution in [0.2, 0.25) is 0 Å². The maximum absolute atomic E-state index is 13.7. The Bertz CT molecular complexity index is 1220. The molecule has 3 aromatic heterocycles. The Morgan fingerprint density at radius 3 is 2.81 bits per heavy atom. The first-order valence-electron chi connectivity index (χ1n) is 10.2. The number of amides is 1. The van der Waals surface area contributed by atoms with Crippen molar-refractivity contribution in [3.05, 3.63) is 78.1 Å². The second-order valence-corrected chi connectivity index (χ2v) is 7.26. The minimum Gasteiger partial charge on any atom is -0.481 e. The second kappa shape index (κ2) is 9.57. The summed E-state index contributed by atoms with van der Waals surface area (Å²) in [5, 5.41) is 10.3. The number of aliphatic hydroxyl groups excluding tert-OH is 1. The van der Waals surface area contributed by atoms with Crippen molar-refractivity contribution in [2.45, 2.75) is 6.42 Å². The number of nitrogens with one attached hydrogen (secondary N) is 1. The van der Waals surface area contributed by atoms with Gasteiger partial charge in [-0.25, -0.2) is 9.37 Å². The summed E-state index contributed by atoms with van der Waals surface area (Å²) in [7, 11) is 1.54. The molecular weight excluding hydrogens is 411 g/mol. The van der Waals surface area contributed by atoms with Crippen LogP contribution in [0.5, 0.6) is 5.88 Å². The van der Waals surface area contributed by atoms with Crippen LogP contribution < -0.4 is 4.74 Å². The van der Waals surface area contributed by atoms with Crippen molar-refractivity contribution in [2.24, 2.45) is 0 Å². The van der Waals surface area contributed by atoms with Crippen molar-refractivity contribution >= 4 is 16.8 Å². The molecule has 0 bridgehead atoms. The lowest BCUT2D eigenvalue weighted by molar-refractivity contribution is 0.0719. The highest BCUT2D eigenvalue weighted by Gasteiger charge is 2.21. The molecule has 0 spiro atoms. The number of H-pyrrole nitrogens is 1. The number of aliphatic hydroxyl groups is 1. The van der Waals surface area contributed by atoms with E-state index in [1.807, 2.05) is 18.3 Å². The third kappa shape index (κ3) is 4.45. The Balaban J connectivity index is 1.58. The van der Waals surface area contributed by atoms with Crippen molar-refractivity contribution in [3.8, 4) is 17.0 Å². The van der Waals surface area contributed by atoms with E-state index in [4.69, 9.17) is 4.74 Å². The zero-order chi connectivity index (χ0) is 22.5. The number of rotatable bonds is 8. The molecule has 0 radical (unpaired) electrons. The van der Waals surface area contributed by atoms with Gasteiger partial charge in [-0.1, -0.05) is 6.07 Å². The van der Waals surface area contributed by atoms with E-state index in [0.717, 1.165) is 22.0 Å². The number of ether oxygens (including phenoxy) is 1. The molecule has 0 saturated carbocycles. The summed E-state index contributed by atoms with van der Waals surface area (Å²) in [6, 6.07) is 11.7. The van der Waals surface area contributed by atoms with Crippen LogP contribution in [0, 0.1) is 5.82 Å². The van der Waals surface area contributed by atoms with Crippen LogP contribution >= 0.6 is 0 Å². The number of aromatic amines is 1. The van der Waals surface area contributed by atoms with Gasteiger partial charge in [-0.15, -0.1) is 0 Å². The molecule has 0 fully saturated rings. The van der Waals surface area contributed by atoms with Crippen molar-refractivity contribution < 1.29 is 19.0 Å². The molecule has 0 unspecified atom stereocenters. The molecule has 0 aliphatic heterocycles. The van der Waals surface area contributed by atoms with Gasteiger partial charge >= 0.3 is 0 Å². The van der Waals surface area contributed by atoms with E-state index in [1.165, 1.54) is 19.2 Å². The number of benzene rings is 1. The van der Waals surface area contributed by atoms with Gasteiger partial charge < -0.3 is 19.7 Å². The molecule has 0 atom stereocenters. The summed E-state index contributed by atoms with van der Waals surface area (Å²) in [6.07, 6.45) is 5.51. The summed E-state index contributed by atoms with van der Waals surface area (Å²) in [6.45, 7) is 0.326. The fourth-order valence-electron chi connectivity index (χ4n) is 3.67. The van der Waals surface area contributed by atoms with Crippen LogP contribution in [0.15, 0.2) is 61.1 Å². The molecule has 32 heavy (non-hydrogen) atoms. The summed E-state index contributed by atoms with van der Waals surface area (Å²) in [5.41, 5.74) is 3.39. The molecule has 1 aromatic carbocycles. The highest BCUT2D eigenvalue weighted by molar-refractivity contribution is 5.99. The zero-order valence-electron chi connectivity index (χ0n) is 17.6. The lowest BCUT2D eigenvalue weighted by Gasteiger charge is -2.22. The maximum Gasteiger partial charge on any atom is 0.273 e. The lowest BCUT2D eigenvalue weighted by atomic mass is 10.0. The largest absolute Gasteiger partial charge is 0.481 e. The van der Waals surface area contributed by atoms with E-state index in [1.54, 1.807) is 35.5 Å². The van der Waals surface area contributed by atoms with Gasteiger partial charge in [-0.05, 0) is 42.3 Å². The van der Waals surface area contributed by atoms with Crippen molar-refractivity contribution in [1.29, 1.82) is 0 Å². The minimum absolute atomic E-state index is 0.159. The predicted molar refractivity (Wildman–Crippen MR) is 119 cm³/mol. The average Bonchev–Trinajstić information content (AvgIpc) is 3.23. The molecule has 0 saturated heterocycles. The SMILES string of the molecule is COc1ccc(-c2cccnc2C(=O)N(CCO)CCc2c[nH]c3ccc(F)cc23)cn1. The molecule has 8 heteroatoms. The van der Waals surface area contributed by atoms with Crippen molar-refractivity contribution in [2.75, 3.05) is 26.8 Å². The normalized spacial score (nSPS) is 11.0. The topological polar surface area (TPSA) is 91.3 Å². The smallest absolute Gasteiger partial charge is 0.273 e.